The number of primary amides is 1. The zero-order valence-electron chi connectivity index (χ0n) is 16.6. The van der Waals surface area contributed by atoms with Crippen molar-refractivity contribution in [2.45, 2.75) is 32.0 Å². The van der Waals surface area contributed by atoms with Crippen molar-refractivity contribution in [2.75, 3.05) is 0 Å². The van der Waals surface area contributed by atoms with Crippen LogP contribution in [0.1, 0.15) is 57.7 Å². The first-order chi connectivity index (χ1) is 14.5. The fraction of sp³-hybridized carbons (Fsp3) is 0.208. The third kappa shape index (κ3) is 4.03. The molecule has 30 heavy (non-hydrogen) atoms. The van der Waals surface area contributed by atoms with Crippen molar-refractivity contribution in [3.05, 3.63) is 89.2 Å². The number of nitrogens with two attached hydrogens (primary N) is 1. The van der Waals surface area contributed by atoms with Gasteiger partial charge < -0.3 is 15.2 Å². The summed E-state index contributed by atoms with van der Waals surface area (Å²) in [5, 5.41) is 0. The summed E-state index contributed by atoms with van der Waals surface area (Å²) in [5.74, 6) is 0.736. The molecular formula is C24H22N2O4. The van der Waals surface area contributed by atoms with Crippen LogP contribution in [0.4, 0.5) is 0 Å². The second kappa shape index (κ2) is 8.37. The Balaban J connectivity index is 1.67. The van der Waals surface area contributed by atoms with Crippen molar-refractivity contribution in [1.29, 1.82) is 0 Å². The van der Waals surface area contributed by atoms with E-state index in [1.165, 1.54) is 0 Å². The maximum Gasteiger partial charge on any atom is 0.248 e. The van der Waals surface area contributed by atoms with Crippen LogP contribution in [0.15, 0.2) is 67.0 Å². The normalized spacial score (nSPS) is 16.3. The molecule has 1 aliphatic rings. The van der Waals surface area contributed by atoms with Crippen LogP contribution in [0.25, 0.3) is 0 Å². The smallest absolute Gasteiger partial charge is 0.248 e. The van der Waals surface area contributed by atoms with Gasteiger partial charge in [0.05, 0.1) is 5.56 Å². The minimum Gasteiger partial charge on any atom is -0.489 e. The highest BCUT2D eigenvalue weighted by molar-refractivity contribution is 6.00. The van der Waals surface area contributed by atoms with E-state index >= 15 is 0 Å². The van der Waals surface area contributed by atoms with Gasteiger partial charge in [0.25, 0.3) is 0 Å². The number of ketones is 1. The molecule has 0 aliphatic carbocycles. The van der Waals surface area contributed by atoms with Gasteiger partial charge in [-0.25, -0.2) is 0 Å². The Morgan fingerprint density at radius 2 is 1.83 bits per heavy atom. The van der Waals surface area contributed by atoms with Crippen molar-refractivity contribution in [3.63, 3.8) is 0 Å². The van der Waals surface area contributed by atoms with Gasteiger partial charge in [-0.05, 0) is 53.9 Å². The summed E-state index contributed by atoms with van der Waals surface area (Å²) in [7, 11) is 0. The molecule has 0 bridgehead atoms. The first-order valence-electron chi connectivity index (χ1n) is 9.85. The number of benzene rings is 2. The number of amides is 1. The van der Waals surface area contributed by atoms with E-state index in [9.17, 15) is 9.59 Å². The number of rotatable bonds is 6. The molecule has 0 saturated carbocycles. The molecule has 6 nitrogen and oxygen atoms in total. The number of nitrogens with zero attached hydrogens (tertiary/aromatic N) is 1. The summed E-state index contributed by atoms with van der Waals surface area (Å²) in [6.45, 7) is 2.00. The van der Waals surface area contributed by atoms with E-state index in [0.29, 0.717) is 29.0 Å². The third-order valence-electron chi connectivity index (χ3n) is 5.18. The SMILES string of the molecule is CCC1CC(=O)c2ccc(O[C@@H](c3ccncc3)c3ccc(C(N)=O)cc3)cc2O1. The van der Waals surface area contributed by atoms with Gasteiger partial charge in [0.1, 0.15) is 23.7 Å². The van der Waals surface area contributed by atoms with Gasteiger partial charge in [0.2, 0.25) is 5.91 Å². The standard InChI is InChI=1S/C24H22N2O4/c1-2-18-13-21(27)20-8-7-19(14-22(20)29-18)30-23(16-9-11-26-12-10-16)15-3-5-17(6-4-15)24(25)28/h3-12,14,18,23H,2,13H2,1H3,(H2,25,28)/t18?,23-/m1/s1. The van der Waals surface area contributed by atoms with E-state index in [1.807, 2.05) is 31.2 Å². The molecule has 3 aromatic rings. The fourth-order valence-electron chi connectivity index (χ4n) is 3.49. The van der Waals surface area contributed by atoms with Crippen molar-refractivity contribution in [3.8, 4) is 11.5 Å². The lowest BCUT2D eigenvalue weighted by Crippen LogP contribution is -2.26. The molecule has 6 heteroatoms. The van der Waals surface area contributed by atoms with Crippen LogP contribution in [0, 0.1) is 0 Å². The van der Waals surface area contributed by atoms with Gasteiger partial charge in [-0.2, -0.15) is 0 Å². The first-order valence-corrected chi connectivity index (χ1v) is 9.85. The zero-order chi connectivity index (χ0) is 21.1. The molecule has 0 radical (unpaired) electrons. The molecular weight excluding hydrogens is 380 g/mol. The van der Waals surface area contributed by atoms with E-state index in [0.717, 1.165) is 17.5 Å². The highest BCUT2D eigenvalue weighted by Crippen LogP contribution is 2.35. The predicted octanol–water partition coefficient (Wildman–Crippen LogP) is 4.09. The van der Waals surface area contributed by atoms with Crippen LogP contribution in [0.3, 0.4) is 0 Å². The van der Waals surface area contributed by atoms with E-state index in [4.69, 9.17) is 15.2 Å². The van der Waals surface area contributed by atoms with Crippen LogP contribution < -0.4 is 15.2 Å². The van der Waals surface area contributed by atoms with Gasteiger partial charge in [0.15, 0.2) is 5.78 Å². The topological polar surface area (TPSA) is 91.5 Å². The number of Topliss-reactive ketones (excluding diaryl/α,β-unsaturated/α-hetero) is 1. The number of fused-ring (bicyclic) bond motifs is 1. The molecule has 0 fully saturated rings. The maximum absolute atomic E-state index is 12.4. The molecule has 0 spiro atoms. The van der Waals surface area contributed by atoms with Gasteiger partial charge in [-0.15, -0.1) is 0 Å². The minimum atomic E-state index is -0.482. The molecule has 1 amide bonds. The summed E-state index contributed by atoms with van der Waals surface area (Å²) in [5.41, 5.74) is 8.12. The number of carbonyl (C=O) groups is 2. The highest BCUT2D eigenvalue weighted by atomic mass is 16.5. The van der Waals surface area contributed by atoms with Gasteiger partial charge >= 0.3 is 0 Å². The monoisotopic (exact) mass is 402 g/mol. The van der Waals surface area contributed by atoms with Gasteiger partial charge in [-0.3, -0.25) is 14.6 Å². The molecule has 2 aromatic carbocycles. The zero-order valence-corrected chi connectivity index (χ0v) is 16.6. The lowest BCUT2D eigenvalue weighted by Gasteiger charge is -2.26. The van der Waals surface area contributed by atoms with Gasteiger partial charge in [0, 0.05) is 30.4 Å². The number of ether oxygens (including phenoxy) is 2. The molecule has 0 saturated heterocycles. The van der Waals surface area contributed by atoms with Crippen LogP contribution in [0.5, 0.6) is 11.5 Å². The van der Waals surface area contributed by atoms with Crippen LogP contribution in [-0.2, 0) is 0 Å². The average Bonchev–Trinajstić information content (AvgIpc) is 2.77. The van der Waals surface area contributed by atoms with Crippen molar-refractivity contribution in [2.24, 2.45) is 5.73 Å². The summed E-state index contributed by atoms with van der Waals surface area (Å²) in [6.07, 6.45) is 4.01. The van der Waals surface area contributed by atoms with Crippen LogP contribution in [0.2, 0.25) is 0 Å². The maximum atomic E-state index is 12.4. The van der Waals surface area contributed by atoms with Gasteiger partial charge in [-0.1, -0.05) is 19.1 Å². The van der Waals surface area contributed by atoms with Crippen molar-refractivity contribution in [1.82, 2.24) is 4.98 Å². The fourth-order valence-corrected chi connectivity index (χ4v) is 3.49. The number of carbonyl (C=O) groups excluding carboxylic acids is 2. The molecule has 1 unspecified atom stereocenters. The number of hydrogen-bond acceptors (Lipinski definition) is 5. The lowest BCUT2D eigenvalue weighted by molar-refractivity contribution is 0.0844. The number of aromatic nitrogens is 1. The lowest BCUT2D eigenvalue weighted by atomic mass is 9.99. The largest absolute Gasteiger partial charge is 0.489 e. The van der Waals surface area contributed by atoms with E-state index in [1.54, 1.807) is 42.7 Å². The number of hydrogen-bond donors (Lipinski definition) is 1. The first kappa shape index (κ1) is 19.6. The summed E-state index contributed by atoms with van der Waals surface area (Å²) in [4.78, 5) is 27.8. The Bertz CT molecular complexity index is 1060. The second-order valence-corrected chi connectivity index (χ2v) is 7.20. The Morgan fingerprint density at radius 1 is 1.13 bits per heavy atom. The Labute approximate surface area is 174 Å². The van der Waals surface area contributed by atoms with E-state index in [-0.39, 0.29) is 11.9 Å². The molecule has 2 N–H and O–H groups in total. The summed E-state index contributed by atoms with van der Waals surface area (Å²) >= 11 is 0. The molecule has 2 atom stereocenters. The van der Waals surface area contributed by atoms with E-state index < -0.39 is 12.0 Å². The summed E-state index contributed by atoms with van der Waals surface area (Å²) in [6, 6.07) is 16.0. The van der Waals surface area contributed by atoms with Crippen LogP contribution in [-0.4, -0.2) is 22.8 Å². The second-order valence-electron chi connectivity index (χ2n) is 7.20. The summed E-state index contributed by atoms with van der Waals surface area (Å²) < 4.78 is 12.3. The predicted molar refractivity (Wildman–Crippen MR) is 112 cm³/mol. The molecule has 4 rings (SSSR count). The number of pyridine rings is 1. The van der Waals surface area contributed by atoms with E-state index in [2.05, 4.69) is 4.98 Å². The van der Waals surface area contributed by atoms with Crippen molar-refractivity contribution >= 4 is 11.7 Å². The average molecular weight is 402 g/mol. The molecule has 2 heterocycles. The molecule has 1 aliphatic heterocycles. The van der Waals surface area contributed by atoms with Crippen molar-refractivity contribution < 1.29 is 19.1 Å². The Hall–Kier alpha value is -3.67. The van der Waals surface area contributed by atoms with Crippen LogP contribution >= 0.6 is 0 Å². The quantitative estimate of drug-likeness (QED) is 0.670. The minimum absolute atomic E-state index is 0.0855. The Morgan fingerprint density at radius 3 is 2.50 bits per heavy atom. The Kier molecular flexibility index (Phi) is 5.48. The highest BCUT2D eigenvalue weighted by Gasteiger charge is 2.26. The third-order valence-corrected chi connectivity index (χ3v) is 5.18. The molecule has 152 valence electrons. The molecule has 1 aromatic heterocycles.